The normalized spacial score (nSPS) is 20.9. The number of fused-ring (bicyclic) bond motifs is 2. The quantitative estimate of drug-likeness (QED) is 0.113. The van der Waals surface area contributed by atoms with E-state index in [1.807, 2.05) is 76.4 Å². The van der Waals surface area contributed by atoms with Crippen molar-refractivity contribution in [2.45, 2.75) is 63.2 Å². The minimum absolute atomic E-state index is 0.0113. The molecule has 274 valence electrons. The number of nitrogen functional groups attached to an aromatic ring is 1. The molecule has 7 rings (SSSR count). The van der Waals surface area contributed by atoms with Crippen LogP contribution in [0.25, 0.3) is 0 Å². The van der Waals surface area contributed by atoms with E-state index in [0.29, 0.717) is 42.9 Å². The van der Waals surface area contributed by atoms with Crippen LogP contribution in [0.2, 0.25) is 18.6 Å². The SMILES string of the molecule is COc1ccc([Si](C)(C)[C@H]2[C@H](CCn3cc(CCO)nn3)O[C@@]3(C(=O)N(Cc4ccc(NC(=O)c5ccc(N)cc5)cc4)c4ccccc43)[C@@H]2C)cc1. The highest BCUT2D eigenvalue weighted by atomic mass is 28.3. The first-order valence-electron chi connectivity index (χ1n) is 18.0. The molecule has 11 nitrogen and oxygen atoms in total. The van der Waals surface area contributed by atoms with E-state index in [2.05, 4.69) is 47.8 Å². The lowest BCUT2D eigenvalue weighted by molar-refractivity contribution is -0.146. The smallest absolute Gasteiger partial charge is 0.264 e. The minimum atomic E-state index is -2.31. The van der Waals surface area contributed by atoms with Gasteiger partial charge in [0.2, 0.25) is 0 Å². The lowest BCUT2D eigenvalue weighted by atomic mass is 9.82. The molecule has 4 atom stereocenters. The number of nitrogens with one attached hydrogen (secondary N) is 1. The van der Waals surface area contributed by atoms with Crippen LogP contribution in [-0.2, 0) is 34.6 Å². The highest BCUT2D eigenvalue weighted by Crippen LogP contribution is 2.60. The standard InChI is InChI=1S/C41H46N6O5Si/c1-27-38(53(3,4)34-19-17-33(51-2)18-20-34)37(21-23-46-26-32(22-24-48)44-45-46)52-41(27)35-7-5-6-8-36(35)47(40(41)50)25-28-9-15-31(16-10-28)43-39(49)29-11-13-30(42)14-12-29/h5-20,26-27,37-38,48H,21-25,42H2,1-4H3,(H,43,49)/t27-,37+,38-,41+/m1/s1. The summed E-state index contributed by atoms with van der Waals surface area (Å²) in [6, 6.07) is 30.7. The van der Waals surface area contributed by atoms with Crippen LogP contribution >= 0.6 is 0 Å². The summed E-state index contributed by atoms with van der Waals surface area (Å²) in [5.74, 6) is 0.377. The average Bonchev–Trinajstić information content (AvgIpc) is 3.81. The van der Waals surface area contributed by atoms with E-state index in [-0.39, 0.29) is 36.0 Å². The number of aromatic nitrogens is 3. The second kappa shape index (κ2) is 14.6. The fourth-order valence-electron chi connectivity index (χ4n) is 8.34. The molecular weight excluding hydrogens is 685 g/mol. The Bertz CT molecular complexity index is 2090. The largest absolute Gasteiger partial charge is 0.497 e. The van der Waals surface area contributed by atoms with Crippen molar-refractivity contribution in [1.82, 2.24) is 15.0 Å². The van der Waals surface area contributed by atoms with Gasteiger partial charge >= 0.3 is 0 Å². The monoisotopic (exact) mass is 730 g/mol. The first-order valence-corrected chi connectivity index (χ1v) is 21.1. The number of rotatable bonds is 12. The zero-order valence-corrected chi connectivity index (χ0v) is 31.5. The van der Waals surface area contributed by atoms with Gasteiger partial charge in [-0.2, -0.15) is 0 Å². The molecule has 2 amide bonds. The molecule has 0 radical (unpaired) electrons. The Labute approximate surface area is 310 Å². The molecule has 0 bridgehead atoms. The summed E-state index contributed by atoms with van der Waals surface area (Å²) >= 11 is 0. The molecule has 4 aromatic carbocycles. The van der Waals surface area contributed by atoms with E-state index in [1.165, 1.54) is 5.19 Å². The van der Waals surface area contributed by atoms with E-state index in [9.17, 15) is 9.90 Å². The lowest BCUT2D eigenvalue weighted by Crippen LogP contribution is -2.51. The highest BCUT2D eigenvalue weighted by molar-refractivity contribution is 6.91. The first-order chi connectivity index (χ1) is 25.5. The van der Waals surface area contributed by atoms with Crippen molar-refractivity contribution >= 4 is 42.1 Å². The minimum Gasteiger partial charge on any atom is -0.497 e. The van der Waals surface area contributed by atoms with Crippen molar-refractivity contribution in [2.24, 2.45) is 5.92 Å². The second-order valence-electron chi connectivity index (χ2n) is 14.6. The van der Waals surface area contributed by atoms with Crippen molar-refractivity contribution in [2.75, 3.05) is 29.7 Å². The Morgan fingerprint density at radius 2 is 1.74 bits per heavy atom. The molecule has 0 saturated carbocycles. The summed E-state index contributed by atoms with van der Waals surface area (Å²) in [5.41, 5.74) is 9.85. The van der Waals surface area contributed by atoms with Gasteiger partial charge in [0.1, 0.15) is 5.75 Å². The van der Waals surface area contributed by atoms with Gasteiger partial charge < -0.3 is 30.5 Å². The van der Waals surface area contributed by atoms with Crippen LogP contribution in [0.5, 0.6) is 5.75 Å². The number of carbonyl (C=O) groups excluding carboxylic acids is 2. The average molecular weight is 731 g/mol. The van der Waals surface area contributed by atoms with Gasteiger partial charge in [-0.25, -0.2) is 0 Å². The fourth-order valence-corrected chi connectivity index (χ4v) is 12.4. The molecule has 1 fully saturated rings. The van der Waals surface area contributed by atoms with Crippen molar-refractivity contribution in [3.8, 4) is 5.75 Å². The number of anilines is 3. The fraction of sp³-hybridized carbons (Fsp3) is 0.317. The molecule has 4 N–H and O–H groups in total. The maximum Gasteiger partial charge on any atom is 0.264 e. The van der Waals surface area contributed by atoms with Gasteiger partial charge in [-0.05, 0) is 72.1 Å². The molecule has 0 aliphatic carbocycles. The number of benzene rings is 4. The molecule has 0 unspecified atom stereocenters. The van der Waals surface area contributed by atoms with Crippen LogP contribution < -0.4 is 25.9 Å². The van der Waals surface area contributed by atoms with Crippen molar-refractivity contribution in [3.05, 3.63) is 126 Å². The number of hydrogen-bond donors (Lipinski definition) is 3. The topological polar surface area (TPSA) is 145 Å². The molecule has 5 aromatic rings. The Morgan fingerprint density at radius 3 is 2.43 bits per heavy atom. The Morgan fingerprint density at radius 1 is 1.02 bits per heavy atom. The van der Waals surface area contributed by atoms with Gasteiger partial charge in [0, 0.05) is 54.2 Å². The predicted octanol–water partition coefficient (Wildman–Crippen LogP) is 5.51. The second-order valence-corrected chi connectivity index (χ2v) is 19.3. The maximum atomic E-state index is 15.1. The summed E-state index contributed by atoms with van der Waals surface area (Å²) in [4.78, 5) is 29.7. The number of aryl methyl sites for hydroxylation is 1. The van der Waals surface area contributed by atoms with Crippen molar-refractivity contribution < 1.29 is 24.2 Å². The molecule has 12 heteroatoms. The van der Waals surface area contributed by atoms with Crippen LogP contribution in [0.1, 0.15) is 40.5 Å². The maximum absolute atomic E-state index is 15.1. The van der Waals surface area contributed by atoms with Gasteiger partial charge in [-0.15, -0.1) is 5.10 Å². The summed E-state index contributed by atoms with van der Waals surface area (Å²) in [6.07, 6.45) is 2.73. The third kappa shape index (κ3) is 6.73. The first kappa shape index (κ1) is 36.1. The summed E-state index contributed by atoms with van der Waals surface area (Å²) in [7, 11) is -0.641. The number of nitrogens with two attached hydrogens (primary N) is 1. The molecule has 1 aromatic heterocycles. The van der Waals surface area contributed by atoms with Gasteiger partial charge in [-0.1, -0.05) is 72.9 Å². The Hall–Kier alpha value is -5.30. The third-order valence-electron chi connectivity index (χ3n) is 11.1. The van der Waals surface area contributed by atoms with Crippen LogP contribution in [0.15, 0.2) is 103 Å². The van der Waals surface area contributed by atoms with Gasteiger partial charge in [0.05, 0.1) is 39.2 Å². The van der Waals surface area contributed by atoms with E-state index >= 15 is 4.79 Å². The number of amides is 2. The number of nitrogens with zero attached hydrogens (tertiary/aromatic N) is 4. The molecule has 1 saturated heterocycles. The Balaban J connectivity index is 1.18. The molecular formula is C41H46N6O5Si. The predicted molar refractivity (Wildman–Crippen MR) is 208 cm³/mol. The van der Waals surface area contributed by atoms with Crippen LogP contribution in [0.3, 0.4) is 0 Å². The van der Waals surface area contributed by atoms with Crippen molar-refractivity contribution in [3.63, 3.8) is 0 Å². The molecule has 2 aliphatic heterocycles. The molecule has 1 spiro atoms. The highest BCUT2D eigenvalue weighted by Gasteiger charge is 2.66. The number of aliphatic hydroxyl groups is 1. The summed E-state index contributed by atoms with van der Waals surface area (Å²) in [6.45, 7) is 7.86. The Kier molecular flexibility index (Phi) is 9.94. The number of carbonyl (C=O) groups is 2. The van der Waals surface area contributed by atoms with Gasteiger partial charge in [-0.3, -0.25) is 14.3 Å². The van der Waals surface area contributed by atoms with E-state index < -0.39 is 13.7 Å². The zero-order valence-electron chi connectivity index (χ0n) is 30.5. The van der Waals surface area contributed by atoms with E-state index in [1.54, 1.807) is 31.4 Å². The van der Waals surface area contributed by atoms with Crippen molar-refractivity contribution in [1.29, 1.82) is 0 Å². The number of ether oxygens (including phenoxy) is 2. The number of aliphatic hydroxyl groups excluding tert-OH is 1. The van der Waals surface area contributed by atoms with Crippen LogP contribution in [0.4, 0.5) is 17.1 Å². The number of para-hydroxylation sites is 1. The number of methoxy groups -OCH3 is 1. The van der Waals surface area contributed by atoms with E-state index in [0.717, 1.165) is 28.3 Å². The number of hydrogen-bond acceptors (Lipinski definition) is 8. The zero-order chi connectivity index (χ0) is 37.3. The van der Waals surface area contributed by atoms with E-state index in [4.69, 9.17) is 15.2 Å². The van der Waals surface area contributed by atoms with Gasteiger partial charge in [0.25, 0.3) is 11.8 Å². The van der Waals surface area contributed by atoms with Crippen LogP contribution in [-0.4, -0.2) is 59.8 Å². The molecule has 3 heterocycles. The summed E-state index contributed by atoms with van der Waals surface area (Å²) in [5, 5.41) is 22.1. The summed E-state index contributed by atoms with van der Waals surface area (Å²) < 4.78 is 14.5. The molecule has 2 aliphatic rings. The third-order valence-corrected chi connectivity index (χ3v) is 15.4. The van der Waals surface area contributed by atoms with Crippen LogP contribution in [0, 0.1) is 5.92 Å². The lowest BCUT2D eigenvalue weighted by Gasteiger charge is -2.37. The van der Waals surface area contributed by atoms with Gasteiger partial charge in [0.15, 0.2) is 5.60 Å². The molecule has 53 heavy (non-hydrogen) atoms.